The average molecular weight is 322 g/mol. The van der Waals surface area contributed by atoms with E-state index in [0.717, 1.165) is 29.7 Å². The Morgan fingerprint density at radius 1 is 1.42 bits per heavy atom. The van der Waals surface area contributed by atoms with Gasteiger partial charge in [0.25, 0.3) is 0 Å². The summed E-state index contributed by atoms with van der Waals surface area (Å²) in [6.07, 6.45) is 2.88. The summed E-state index contributed by atoms with van der Waals surface area (Å²) in [7, 11) is 0. The standard InChI is InChI=1S/C14H16BrN3O/c1-14(7-4-8-16-14)13-17-12(18-19-13)9-10-5-2-3-6-11(10)15/h2-3,5-6,16H,4,7-9H2,1H3. The van der Waals surface area contributed by atoms with Crippen molar-refractivity contribution in [2.24, 2.45) is 0 Å². The second kappa shape index (κ2) is 5.06. The molecule has 1 atom stereocenters. The van der Waals surface area contributed by atoms with E-state index < -0.39 is 0 Å². The van der Waals surface area contributed by atoms with Crippen molar-refractivity contribution in [3.05, 3.63) is 46.0 Å². The zero-order valence-corrected chi connectivity index (χ0v) is 12.4. The maximum atomic E-state index is 5.42. The van der Waals surface area contributed by atoms with E-state index in [1.807, 2.05) is 18.2 Å². The van der Waals surface area contributed by atoms with Crippen molar-refractivity contribution in [2.45, 2.75) is 31.7 Å². The molecular weight excluding hydrogens is 306 g/mol. The van der Waals surface area contributed by atoms with E-state index >= 15 is 0 Å². The quantitative estimate of drug-likeness (QED) is 0.944. The molecule has 0 radical (unpaired) electrons. The molecule has 100 valence electrons. The second-order valence-electron chi connectivity index (χ2n) is 5.15. The van der Waals surface area contributed by atoms with Crippen molar-refractivity contribution in [1.82, 2.24) is 15.5 Å². The zero-order chi connectivity index (χ0) is 13.3. The van der Waals surface area contributed by atoms with E-state index in [0.29, 0.717) is 12.3 Å². The first-order valence-electron chi connectivity index (χ1n) is 6.49. The molecule has 5 heteroatoms. The van der Waals surface area contributed by atoms with Crippen molar-refractivity contribution in [1.29, 1.82) is 0 Å². The third-order valence-electron chi connectivity index (χ3n) is 3.62. The van der Waals surface area contributed by atoms with Gasteiger partial charge in [0.2, 0.25) is 5.89 Å². The van der Waals surface area contributed by atoms with Crippen molar-refractivity contribution in [3.63, 3.8) is 0 Å². The molecule has 1 aromatic heterocycles. The van der Waals surface area contributed by atoms with Crippen LogP contribution in [0.1, 0.15) is 37.0 Å². The van der Waals surface area contributed by atoms with Gasteiger partial charge < -0.3 is 9.84 Å². The van der Waals surface area contributed by atoms with E-state index in [1.54, 1.807) is 0 Å². The first-order valence-corrected chi connectivity index (χ1v) is 7.28. The average Bonchev–Trinajstić information content (AvgIpc) is 3.02. The SMILES string of the molecule is CC1(c2nc(Cc3ccccc3Br)no2)CCCN1. The van der Waals surface area contributed by atoms with Gasteiger partial charge in [0.15, 0.2) is 5.82 Å². The summed E-state index contributed by atoms with van der Waals surface area (Å²) in [5, 5.41) is 7.53. The van der Waals surface area contributed by atoms with Gasteiger partial charge in [-0.2, -0.15) is 4.98 Å². The zero-order valence-electron chi connectivity index (χ0n) is 10.8. The Morgan fingerprint density at radius 3 is 3.00 bits per heavy atom. The molecule has 1 unspecified atom stereocenters. The smallest absolute Gasteiger partial charge is 0.246 e. The van der Waals surface area contributed by atoms with E-state index in [9.17, 15) is 0 Å². The Morgan fingerprint density at radius 2 is 2.26 bits per heavy atom. The molecule has 2 aromatic rings. The molecule has 1 aromatic carbocycles. The van der Waals surface area contributed by atoms with Crippen LogP contribution in [0.5, 0.6) is 0 Å². The Labute approximate surface area is 120 Å². The summed E-state index contributed by atoms with van der Waals surface area (Å²) in [4.78, 5) is 4.54. The van der Waals surface area contributed by atoms with Crippen LogP contribution in [0.2, 0.25) is 0 Å². The summed E-state index contributed by atoms with van der Waals surface area (Å²) in [6, 6.07) is 8.10. The molecule has 0 spiro atoms. The molecule has 19 heavy (non-hydrogen) atoms. The summed E-state index contributed by atoms with van der Waals surface area (Å²) in [5.41, 5.74) is 1.01. The molecule has 0 amide bonds. The van der Waals surface area contributed by atoms with Gasteiger partial charge in [0.05, 0.1) is 5.54 Å². The largest absolute Gasteiger partial charge is 0.337 e. The van der Waals surface area contributed by atoms with Crippen LogP contribution in [-0.4, -0.2) is 16.7 Å². The first-order chi connectivity index (χ1) is 9.17. The van der Waals surface area contributed by atoms with E-state index in [-0.39, 0.29) is 5.54 Å². The minimum atomic E-state index is -0.154. The van der Waals surface area contributed by atoms with Gasteiger partial charge in [-0.3, -0.25) is 0 Å². The topological polar surface area (TPSA) is 51.0 Å². The van der Waals surface area contributed by atoms with Crippen molar-refractivity contribution >= 4 is 15.9 Å². The van der Waals surface area contributed by atoms with Crippen molar-refractivity contribution < 1.29 is 4.52 Å². The minimum Gasteiger partial charge on any atom is -0.337 e. The first kappa shape index (κ1) is 12.8. The van der Waals surface area contributed by atoms with Crippen molar-refractivity contribution in [2.75, 3.05) is 6.54 Å². The number of nitrogens with one attached hydrogen (secondary N) is 1. The molecule has 0 bridgehead atoms. The molecule has 0 aliphatic carbocycles. The van der Waals surface area contributed by atoms with E-state index in [1.165, 1.54) is 5.56 Å². The number of halogens is 1. The van der Waals surface area contributed by atoms with Crippen LogP contribution in [0.15, 0.2) is 33.3 Å². The fourth-order valence-electron chi connectivity index (χ4n) is 2.44. The monoisotopic (exact) mass is 321 g/mol. The highest BCUT2D eigenvalue weighted by Gasteiger charge is 2.35. The van der Waals surface area contributed by atoms with Gasteiger partial charge in [-0.1, -0.05) is 39.3 Å². The van der Waals surface area contributed by atoms with E-state index in [4.69, 9.17) is 4.52 Å². The summed E-state index contributed by atoms with van der Waals surface area (Å²) in [6.45, 7) is 3.13. The third kappa shape index (κ3) is 2.58. The summed E-state index contributed by atoms with van der Waals surface area (Å²) < 4.78 is 6.50. The fraction of sp³-hybridized carbons (Fsp3) is 0.429. The van der Waals surface area contributed by atoms with Crippen LogP contribution in [0.25, 0.3) is 0 Å². The fourth-order valence-corrected chi connectivity index (χ4v) is 2.86. The number of hydrogen-bond donors (Lipinski definition) is 1. The van der Waals surface area contributed by atoms with Crippen LogP contribution < -0.4 is 5.32 Å². The number of rotatable bonds is 3. The predicted molar refractivity (Wildman–Crippen MR) is 75.8 cm³/mol. The number of benzene rings is 1. The lowest BCUT2D eigenvalue weighted by molar-refractivity contribution is 0.274. The van der Waals surface area contributed by atoms with Crippen LogP contribution in [-0.2, 0) is 12.0 Å². The van der Waals surface area contributed by atoms with Crippen LogP contribution in [0.3, 0.4) is 0 Å². The van der Waals surface area contributed by atoms with Crippen LogP contribution >= 0.6 is 15.9 Å². The van der Waals surface area contributed by atoms with E-state index in [2.05, 4.69) is 44.4 Å². The van der Waals surface area contributed by atoms with Gasteiger partial charge >= 0.3 is 0 Å². The maximum Gasteiger partial charge on any atom is 0.246 e. The van der Waals surface area contributed by atoms with Crippen molar-refractivity contribution in [3.8, 4) is 0 Å². The Bertz CT molecular complexity index is 576. The third-order valence-corrected chi connectivity index (χ3v) is 4.39. The molecular formula is C14H16BrN3O. The normalized spacial score (nSPS) is 22.8. The van der Waals surface area contributed by atoms with Gasteiger partial charge in [0.1, 0.15) is 0 Å². The highest BCUT2D eigenvalue weighted by molar-refractivity contribution is 9.10. The van der Waals surface area contributed by atoms with Gasteiger partial charge in [-0.25, -0.2) is 0 Å². The van der Waals surface area contributed by atoms with Crippen LogP contribution in [0, 0.1) is 0 Å². The number of hydrogen-bond acceptors (Lipinski definition) is 4. The molecule has 3 rings (SSSR count). The van der Waals surface area contributed by atoms with Gasteiger partial charge in [-0.15, -0.1) is 0 Å². The van der Waals surface area contributed by atoms with Gasteiger partial charge in [0, 0.05) is 10.9 Å². The molecule has 1 N–H and O–H groups in total. The van der Waals surface area contributed by atoms with Crippen LogP contribution in [0.4, 0.5) is 0 Å². The lowest BCUT2D eigenvalue weighted by Gasteiger charge is -2.18. The Balaban J connectivity index is 1.80. The Kier molecular flexibility index (Phi) is 3.41. The summed E-state index contributed by atoms with van der Waals surface area (Å²) >= 11 is 3.54. The van der Waals surface area contributed by atoms with Gasteiger partial charge in [-0.05, 0) is 37.9 Å². The predicted octanol–water partition coefficient (Wildman–Crippen LogP) is 3.02. The minimum absolute atomic E-state index is 0.154. The molecule has 1 aliphatic rings. The molecule has 2 heterocycles. The molecule has 1 aliphatic heterocycles. The lowest BCUT2D eigenvalue weighted by Crippen LogP contribution is -2.33. The highest BCUT2D eigenvalue weighted by atomic mass is 79.9. The number of nitrogens with zero attached hydrogens (tertiary/aromatic N) is 2. The Hall–Kier alpha value is -1.20. The number of aromatic nitrogens is 2. The molecule has 1 fully saturated rings. The highest BCUT2D eigenvalue weighted by Crippen LogP contribution is 2.29. The maximum absolute atomic E-state index is 5.42. The molecule has 1 saturated heterocycles. The molecule has 0 saturated carbocycles. The summed E-state index contributed by atoms with van der Waals surface area (Å²) in [5.74, 6) is 1.43. The molecule has 4 nitrogen and oxygen atoms in total. The second-order valence-corrected chi connectivity index (χ2v) is 6.00. The lowest BCUT2D eigenvalue weighted by atomic mass is 10.0.